The number of hydrogen-bond acceptors (Lipinski definition) is 3. The Balaban J connectivity index is 1.73. The maximum absolute atomic E-state index is 10.4. The van der Waals surface area contributed by atoms with Crippen LogP contribution in [-0.2, 0) is 6.54 Å². The van der Waals surface area contributed by atoms with Crippen LogP contribution < -0.4 is 5.01 Å². The SMILES string of the molecule is Oc1ccc2ccccc2c1/C=N/N(Cc1ccccc1)c1ccccc1. The number of phenolic OH excluding ortho intramolecular Hbond substituents is 1. The van der Waals surface area contributed by atoms with Crippen LogP contribution in [0.2, 0.25) is 0 Å². The number of anilines is 1. The summed E-state index contributed by atoms with van der Waals surface area (Å²) in [5, 5.41) is 19.1. The van der Waals surface area contributed by atoms with Crippen LogP contribution in [0.4, 0.5) is 5.69 Å². The van der Waals surface area contributed by atoms with Gasteiger partial charge in [-0.1, -0.05) is 78.9 Å². The van der Waals surface area contributed by atoms with E-state index < -0.39 is 0 Å². The molecule has 0 spiro atoms. The summed E-state index contributed by atoms with van der Waals surface area (Å²) in [6.07, 6.45) is 1.74. The zero-order valence-electron chi connectivity index (χ0n) is 14.9. The molecule has 132 valence electrons. The fourth-order valence-electron chi connectivity index (χ4n) is 3.10. The largest absolute Gasteiger partial charge is 0.507 e. The lowest BCUT2D eigenvalue weighted by atomic mass is 10.0. The van der Waals surface area contributed by atoms with Crippen molar-refractivity contribution in [2.45, 2.75) is 6.54 Å². The van der Waals surface area contributed by atoms with Crippen molar-refractivity contribution in [3.8, 4) is 5.75 Å². The van der Waals surface area contributed by atoms with Crippen LogP contribution >= 0.6 is 0 Å². The van der Waals surface area contributed by atoms with E-state index in [1.807, 2.05) is 83.9 Å². The number of rotatable bonds is 5. The molecular formula is C24H20N2O. The van der Waals surface area contributed by atoms with Crippen molar-refractivity contribution in [2.24, 2.45) is 5.10 Å². The van der Waals surface area contributed by atoms with Crippen molar-refractivity contribution >= 4 is 22.7 Å². The predicted octanol–water partition coefficient (Wildman–Crippen LogP) is 5.59. The fourth-order valence-corrected chi connectivity index (χ4v) is 3.10. The Labute approximate surface area is 158 Å². The maximum atomic E-state index is 10.4. The van der Waals surface area contributed by atoms with E-state index >= 15 is 0 Å². The van der Waals surface area contributed by atoms with E-state index in [2.05, 4.69) is 12.1 Å². The highest BCUT2D eigenvalue weighted by Gasteiger charge is 2.08. The number of benzene rings is 4. The molecule has 3 heteroatoms. The third kappa shape index (κ3) is 3.82. The highest BCUT2D eigenvalue weighted by atomic mass is 16.3. The van der Waals surface area contributed by atoms with Gasteiger partial charge in [-0.15, -0.1) is 0 Å². The lowest BCUT2D eigenvalue weighted by Gasteiger charge is -2.19. The monoisotopic (exact) mass is 352 g/mol. The summed E-state index contributed by atoms with van der Waals surface area (Å²) in [7, 11) is 0. The summed E-state index contributed by atoms with van der Waals surface area (Å²) in [5.41, 5.74) is 2.89. The van der Waals surface area contributed by atoms with Gasteiger partial charge < -0.3 is 5.11 Å². The first-order valence-corrected chi connectivity index (χ1v) is 8.92. The molecule has 0 aliphatic heterocycles. The third-order valence-electron chi connectivity index (χ3n) is 4.50. The van der Waals surface area contributed by atoms with Gasteiger partial charge in [-0.2, -0.15) is 5.10 Å². The van der Waals surface area contributed by atoms with Crippen molar-refractivity contribution in [3.63, 3.8) is 0 Å². The second-order valence-electron chi connectivity index (χ2n) is 6.34. The summed E-state index contributed by atoms with van der Waals surface area (Å²) < 4.78 is 0. The van der Waals surface area contributed by atoms with Gasteiger partial charge in [0.2, 0.25) is 0 Å². The molecule has 0 aromatic heterocycles. The van der Waals surface area contributed by atoms with Crippen LogP contribution in [0.15, 0.2) is 102 Å². The molecule has 0 atom stereocenters. The molecule has 0 fully saturated rings. The van der Waals surface area contributed by atoms with Gasteiger partial charge >= 0.3 is 0 Å². The van der Waals surface area contributed by atoms with Gasteiger partial charge in [0.15, 0.2) is 0 Å². The summed E-state index contributed by atoms with van der Waals surface area (Å²) >= 11 is 0. The maximum Gasteiger partial charge on any atom is 0.125 e. The standard InChI is InChI=1S/C24H20N2O/c27-24-16-15-20-11-7-8-14-22(20)23(24)17-25-26(21-12-5-2-6-13-21)18-19-9-3-1-4-10-19/h1-17,27H,18H2/b25-17+. The van der Waals surface area contributed by atoms with Gasteiger partial charge in [-0.25, -0.2) is 0 Å². The van der Waals surface area contributed by atoms with Gasteiger partial charge in [-0.05, 0) is 34.5 Å². The summed E-state index contributed by atoms with van der Waals surface area (Å²) in [5.74, 6) is 0.227. The van der Waals surface area contributed by atoms with Crippen LogP contribution in [0.25, 0.3) is 10.8 Å². The summed E-state index contributed by atoms with van der Waals surface area (Å²) in [6.45, 7) is 0.646. The fraction of sp³-hybridized carbons (Fsp3) is 0.0417. The molecule has 0 heterocycles. The Bertz CT molecular complexity index is 1060. The predicted molar refractivity (Wildman–Crippen MR) is 112 cm³/mol. The van der Waals surface area contributed by atoms with E-state index in [-0.39, 0.29) is 5.75 Å². The van der Waals surface area contributed by atoms with Crippen molar-refractivity contribution in [1.82, 2.24) is 0 Å². The molecule has 0 saturated heterocycles. The lowest BCUT2D eigenvalue weighted by Crippen LogP contribution is -2.16. The van der Waals surface area contributed by atoms with E-state index in [1.165, 1.54) is 5.56 Å². The van der Waals surface area contributed by atoms with E-state index in [4.69, 9.17) is 5.10 Å². The first-order chi connectivity index (χ1) is 13.3. The van der Waals surface area contributed by atoms with E-state index in [0.29, 0.717) is 6.54 Å². The molecule has 4 aromatic rings. The van der Waals surface area contributed by atoms with Crippen LogP contribution in [0.3, 0.4) is 0 Å². The van der Waals surface area contributed by atoms with Crippen LogP contribution in [-0.4, -0.2) is 11.3 Å². The first kappa shape index (κ1) is 16.9. The Morgan fingerprint density at radius 2 is 1.41 bits per heavy atom. The van der Waals surface area contributed by atoms with E-state index in [1.54, 1.807) is 12.3 Å². The molecule has 0 aliphatic carbocycles. The molecule has 0 amide bonds. The first-order valence-electron chi connectivity index (χ1n) is 8.92. The second-order valence-corrected chi connectivity index (χ2v) is 6.34. The molecule has 4 aromatic carbocycles. The Morgan fingerprint density at radius 3 is 2.19 bits per heavy atom. The minimum atomic E-state index is 0.227. The minimum Gasteiger partial charge on any atom is -0.507 e. The Kier molecular flexibility index (Phi) is 4.84. The van der Waals surface area contributed by atoms with Crippen molar-refractivity contribution in [2.75, 3.05) is 5.01 Å². The normalized spacial score (nSPS) is 11.1. The molecule has 1 N–H and O–H groups in total. The lowest BCUT2D eigenvalue weighted by molar-refractivity contribution is 0.475. The molecule has 0 unspecified atom stereocenters. The topological polar surface area (TPSA) is 35.8 Å². The van der Waals surface area contributed by atoms with Crippen molar-refractivity contribution in [3.05, 3.63) is 108 Å². The van der Waals surface area contributed by atoms with Crippen molar-refractivity contribution < 1.29 is 5.11 Å². The third-order valence-corrected chi connectivity index (χ3v) is 4.50. The Morgan fingerprint density at radius 1 is 0.741 bits per heavy atom. The number of phenols is 1. The summed E-state index contributed by atoms with van der Waals surface area (Å²) in [6, 6.07) is 31.9. The zero-order valence-corrected chi connectivity index (χ0v) is 14.9. The quantitative estimate of drug-likeness (QED) is 0.376. The average molecular weight is 352 g/mol. The zero-order chi connectivity index (χ0) is 18.5. The number of para-hydroxylation sites is 1. The van der Waals surface area contributed by atoms with Crippen LogP contribution in [0, 0.1) is 0 Å². The Hall–Kier alpha value is -3.59. The number of aromatic hydroxyl groups is 1. The van der Waals surface area contributed by atoms with E-state index in [0.717, 1.165) is 22.0 Å². The molecule has 0 radical (unpaired) electrons. The van der Waals surface area contributed by atoms with Crippen LogP contribution in [0.5, 0.6) is 5.75 Å². The van der Waals surface area contributed by atoms with Gasteiger partial charge in [0.05, 0.1) is 18.4 Å². The molecule has 3 nitrogen and oxygen atoms in total. The van der Waals surface area contributed by atoms with Gasteiger partial charge in [-0.3, -0.25) is 5.01 Å². The number of hydrogen-bond donors (Lipinski definition) is 1. The molecule has 27 heavy (non-hydrogen) atoms. The van der Waals surface area contributed by atoms with E-state index in [9.17, 15) is 5.11 Å². The average Bonchev–Trinajstić information content (AvgIpc) is 2.73. The van der Waals surface area contributed by atoms with Gasteiger partial charge in [0.25, 0.3) is 0 Å². The number of hydrazone groups is 1. The molecular weight excluding hydrogens is 332 g/mol. The molecule has 0 bridgehead atoms. The highest BCUT2D eigenvalue weighted by molar-refractivity contribution is 6.02. The van der Waals surface area contributed by atoms with Gasteiger partial charge in [0, 0.05) is 5.56 Å². The van der Waals surface area contributed by atoms with Crippen molar-refractivity contribution in [1.29, 1.82) is 0 Å². The molecule has 0 aliphatic rings. The summed E-state index contributed by atoms with van der Waals surface area (Å²) in [4.78, 5) is 0. The smallest absolute Gasteiger partial charge is 0.125 e. The second kappa shape index (κ2) is 7.75. The molecule has 0 saturated carbocycles. The van der Waals surface area contributed by atoms with Gasteiger partial charge in [0.1, 0.15) is 5.75 Å². The molecule has 4 rings (SSSR count). The highest BCUT2D eigenvalue weighted by Crippen LogP contribution is 2.26. The number of nitrogens with zero attached hydrogens (tertiary/aromatic N) is 2. The minimum absolute atomic E-state index is 0.227. The number of fused-ring (bicyclic) bond motifs is 1. The van der Waals surface area contributed by atoms with Crippen LogP contribution in [0.1, 0.15) is 11.1 Å².